The Bertz CT molecular complexity index is 1150. The molecule has 162 valence electrons. The summed E-state index contributed by atoms with van der Waals surface area (Å²) < 4.78 is 27.0. The van der Waals surface area contributed by atoms with Crippen LogP contribution in [0.5, 0.6) is 0 Å². The highest BCUT2D eigenvalue weighted by atomic mass is 32.2. The maximum atomic E-state index is 12.7. The molecule has 2 heterocycles. The number of aromatic amines is 1. The number of H-pyrrole nitrogens is 1. The van der Waals surface area contributed by atoms with Crippen molar-refractivity contribution in [3.8, 4) is 11.4 Å². The van der Waals surface area contributed by atoms with Crippen molar-refractivity contribution in [3.63, 3.8) is 0 Å². The average Bonchev–Trinajstić information content (AvgIpc) is 3.21. The third-order valence-corrected chi connectivity index (χ3v) is 7.18. The summed E-state index contributed by atoms with van der Waals surface area (Å²) in [5.41, 5.74) is 2.28. The van der Waals surface area contributed by atoms with E-state index in [4.69, 9.17) is 0 Å². The summed E-state index contributed by atoms with van der Waals surface area (Å²) in [6, 6.07) is 13.9. The Kier molecular flexibility index (Phi) is 6.15. The van der Waals surface area contributed by atoms with Crippen LogP contribution in [0.25, 0.3) is 11.4 Å². The van der Waals surface area contributed by atoms with Gasteiger partial charge in [-0.3, -0.25) is 9.89 Å². The van der Waals surface area contributed by atoms with Gasteiger partial charge in [0.05, 0.1) is 11.3 Å². The van der Waals surface area contributed by atoms with Crippen LogP contribution in [0.15, 0.2) is 53.4 Å². The molecule has 0 unspecified atom stereocenters. The number of aryl methyl sites for hydroxylation is 1. The van der Waals surface area contributed by atoms with E-state index >= 15 is 0 Å². The molecule has 0 atom stereocenters. The normalized spacial score (nSPS) is 15.0. The van der Waals surface area contributed by atoms with Gasteiger partial charge in [-0.15, -0.1) is 0 Å². The summed E-state index contributed by atoms with van der Waals surface area (Å²) in [7, 11) is -3.46. The number of aromatic nitrogens is 3. The van der Waals surface area contributed by atoms with Crippen LogP contribution in [0.1, 0.15) is 30.7 Å². The molecule has 0 aliphatic carbocycles. The molecule has 0 bridgehead atoms. The molecule has 2 N–H and O–H groups in total. The average molecular weight is 440 g/mol. The molecule has 1 aromatic heterocycles. The second kappa shape index (κ2) is 8.99. The van der Waals surface area contributed by atoms with Crippen LogP contribution in [-0.2, 0) is 21.2 Å². The molecule has 9 heteroatoms. The lowest BCUT2D eigenvalue weighted by Crippen LogP contribution is -2.35. The Morgan fingerprint density at radius 2 is 1.71 bits per heavy atom. The molecule has 2 aromatic carbocycles. The molecular formula is C22H25N5O3S. The van der Waals surface area contributed by atoms with Crippen molar-refractivity contribution in [3.05, 3.63) is 59.9 Å². The van der Waals surface area contributed by atoms with E-state index in [9.17, 15) is 13.2 Å². The summed E-state index contributed by atoms with van der Waals surface area (Å²) in [4.78, 5) is 17.0. The number of anilines is 1. The van der Waals surface area contributed by atoms with Crippen molar-refractivity contribution >= 4 is 21.6 Å². The van der Waals surface area contributed by atoms with Crippen LogP contribution >= 0.6 is 0 Å². The Morgan fingerprint density at radius 1 is 1.03 bits per heavy atom. The van der Waals surface area contributed by atoms with E-state index in [-0.39, 0.29) is 17.2 Å². The fraction of sp³-hybridized carbons (Fsp3) is 0.318. The SMILES string of the molecule is Cc1nc(-c2ccc(NC(=O)Cc3ccc(S(=O)(=O)N4CCCCC4)cc3)cc2)n[nH]1. The van der Waals surface area contributed by atoms with Crippen molar-refractivity contribution in [2.24, 2.45) is 0 Å². The fourth-order valence-corrected chi connectivity index (χ4v) is 5.12. The predicted octanol–water partition coefficient (Wildman–Crippen LogP) is 3.14. The van der Waals surface area contributed by atoms with Crippen LogP contribution in [0, 0.1) is 6.92 Å². The molecule has 8 nitrogen and oxygen atoms in total. The van der Waals surface area contributed by atoms with Crippen molar-refractivity contribution in [1.82, 2.24) is 19.5 Å². The molecule has 31 heavy (non-hydrogen) atoms. The second-order valence-electron chi connectivity index (χ2n) is 7.66. The number of hydrogen-bond acceptors (Lipinski definition) is 5. The van der Waals surface area contributed by atoms with Gasteiger partial charge in [0.1, 0.15) is 5.82 Å². The molecule has 1 saturated heterocycles. The second-order valence-corrected chi connectivity index (χ2v) is 9.59. The summed E-state index contributed by atoms with van der Waals surface area (Å²) >= 11 is 0. The zero-order valence-electron chi connectivity index (χ0n) is 17.3. The fourth-order valence-electron chi connectivity index (χ4n) is 3.60. The number of piperidine rings is 1. The Labute approximate surface area is 181 Å². The van der Waals surface area contributed by atoms with E-state index in [0.29, 0.717) is 24.6 Å². The van der Waals surface area contributed by atoms with E-state index in [1.165, 1.54) is 0 Å². The number of sulfonamides is 1. The van der Waals surface area contributed by atoms with Gasteiger partial charge in [-0.1, -0.05) is 18.6 Å². The number of hydrogen-bond donors (Lipinski definition) is 2. The first-order valence-corrected chi connectivity index (χ1v) is 11.7. The Morgan fingerprint density at radius 3 is 2.32 bits per heavy atom. The molecule has 4 rings (SSSR count). The van der Waals surface area contributed by atoms with Crippen molar-refractivity contribution in [2.75, 3.05) is 18.4 Å². The lowest BCUT2D eigenvalue weighted by molar-refractivity contribution is -0.115. The first kappa shape index (κ1) is 21.2. The van der Waals surface area contributed by atoms with Crippen molar-refractivity contribution in [1.29, 1.82) is 0 Å². The molecule has 0 radical (unpaired) electrons. The van der Waals surface area contributed by atoms with Gasteiger partial charge in [0.15, 0.2) is 5.82 Å². The molecule has 1 fully saturated rings. The van der Waals surface area contributed by atoms with E-state index in [1.807, 2.05) is 19.1 Å². The number of rotatable bonds is 6. The highest BCUT2D eigenvalue weighted by Gasteiger charge is 2.25. The minimum Gasteiger partial charge on any atom is -0.326 e. The van der Waals surface area contributed by atoms with Crippen molar-refractivity contribution < 1.29 is 13.2 Å². The molecule has 1 amide bonds. The molecule has 1 aliphatic heterocycles. The van der Waals surface area contributed by atoms with Gasteiger partial charge in [-0.2, -0.15) is 9.40 Å². The maximum absolute atomic E-state index is 12.7. The number of benzene rings is 2. The van der Waals surface area contributed by atoms with Gasteiger partial charge in [-0.25, -0.2) is 13.4 Å². The van der Waals surface area contributed by atoms with Crippen LogP contribution in [-0.4, -0.2) is 46.9 Å². The molecule has 1 aliphatic rings. The number of carbonyl (C=O) groups excluding carboxylic acids is 1. The summed E-state index contributed by atoms with van der Waals surface area (Å²) in [5.74, 6) is 1.17. The molecule has 0 saturated carbocycles. The number of carbonyl (C=O) groups is 1. The van der Waals surface area contributed by atoms with Gasteiger partial charge in [0.25, 0.3) is 0 Å². The highest BCUT2D eigenvalue weighted by molar-refractivity contribution is 7.89. The smallest absolute Gasteiger partial charge is 0.243 e. The van der Waals surface area contributed by atoms with Gasteiger partial charge in [-0.05, 0) is 61.7 Å². The zero-order valence-corrected chi connectivity index (χ0v) is 18.2. The topological polar surface area (TPSA) is 108 Å². The van der Waals surface area contributed by atoms with Crippen LogP contribution < -0.4 is 5.32 Å². The van der Waals surface area contributed by atoms with Crippen LogP contribution in [0.2, 0.25) is 0 Å². The largest absolute Gasteiger partial charge is 0.326 e. The van der Waals surface area contributed by atoms with E-state index < -0.39 is 10.0 Å². The quantitative estimate of drug-likeness (QED) is 0.613. The molecule has 3 aromatic rings. The number of nitrogens with zero attached hydrogens (tertiary/aromatic N) is 3. The first-order valence-electron chi connectivity index (χ1n) is 10.3. The summed E-state index contributed by atoms with van der Waals surface area (Å²) in [6.07, 6.45) is 3.03. The summed E-state index contributed by atoms with van der Waals surface area (Å²) in [6.45, 7) is 2.98. The molecular weight excluding hydrogens is 414 g/mol. The zero-order chi connectivity index (χ0) is 21.8. The highest BCUT2D eigenvalue weighted by Crippen LogP contribution is 2.21. The minimum absolute atomic E-state index is 0.159. The van der Waals surface area contributed by atoms with Crippen LogP contribution in [0.3, 0.4) is 0 Å². The number of nitrogens with one attached hydrogen (secondary N) is 2. The Balaban J connectivity index is 1.36. The summed E-state index contributed by atoms with van der Waals surface area (Å²) in [5, 5.41) is 9.78. The van der Waals surface area contributed by atoms with Crippen molar-refractivity contribution in [2.45, 2.75) is 37.5 Å². The van der Waals surface area contributed by atoms with Gasteiger partial charge >= 0.3 is 0 Å². The van der Waals surface area contributed by atoms with E-state index in [2.05, 4.69) is 20.5 Å². The predicted molar refractivity (Wildman–Crippen MR) is 118 cm³/mol. The molecule has 0 spiro atoms. The van der Waals surface area contributed by atoms with E-state index in [0.717, 1.165) is 36.2 Å². The monoisotopic (exact) mass is 439 g/mol. The van der Waals surface area contributed by atoms with Gasteiger partial charge in [0, 0.05) is 24.3 Å². The minimum atomic E-state index is -3.46. The third kappa shape index (κ3) is 5.00. The standard InChI is InChI=1S/C22H25N5O3S/c1-16-23-22(26-25-16)18-7-9-19(10-8-18)24-21(28)15-17-5-11-20(12-6-17)31(29,30)27-13-3-2-4-14-27/h5-12H,2-4,13-15H2,1H3,(H,24,28)(H,23,25,26). The van der Waals surface area contributed by atoms with Gasteiger partial charge < -0.3 is 5.32 Å². The lowest BCUT2D eigenvalue weighted by Gasteiger charge is -2.25. The first-order chi connectivity index (χ1) is 14.9. The number of amides is 1. The Hall–Kier alpha value is -3.04. The van der Waals surface area contributed by atoms with Crippen LogP contribution in [0.4, 0.5) is 5.69 Å². The lowest BCUT2D eigenvalue weighted by atomic mass is 10.1. The van der Waals surface area contributed by atoms with Gasteiger partial charge in [0.2, 0.25) is 15.9 Å². The maximum Gasteiger partial charge on any atom is 0.243 e. The van der Waals surface area contributed by atoms with E-state index in [1.54, 1.807) is 40.7 Å². The third-order valence-electron chi connectivity index (χ3n) is 5.26.